The summed E-state index contributed by atoms with van der Waals surface area (Å²) < 4.78 is 6.91. The molecular formula is C34H47Cl2NO3Si. The average Bonchev–Trinajstić information content (AvgIpc) is 3.74. The standard InChI is InChI=1S/C34H47Cl2NO3Si/c1-22(2)41(23(3)4,24(5)6)40-19-17-34(16-18-38)21-30(27-8-7-9-29(36)20-27)32(37-33(34)39)31(25-10-11-25)26-12-14-28(35)15-13-26/h7-9,12-15,18,20,22-25,30-32H,10-11,16-17,19,21H2,1-6H3,(H,37,39)/t30-,31?,32+,34?/m1/s1. The fourth-order valence-corrected chi connectivity index (χ4v) is 13.7. The Labute approximate surface area is 258 Å². The molecule has 41 heavy (non-hydrogen) atoms. The topological polar surface area (TPSA) is 55.4 Å². The van der Waals surface area contributed by atoms with Crippen molar-refractivity contribution in [3.63, 3.8) is 0 Å². The highest BCUT2D eigenvalue weighted by molar-refractivity contribution is 6.77. The van der Waals surface area contributed by atoms with Gasteiger partial charge in [0.25, 0.3) is 0 Å². The molecule has 1 N–H and O–H groups in total. The molecule has 2 unspecified atom stereocenters. The molecule has 1 aliphatic carbocycles. The normalized spacial score (nSPS) is 24.1. The van der Waals surface area contributed by atoms with Crippen molar-refractivity contribution in [1.82, 2.24) is 5.32 Å². The summed E-state index contributed by atoms with van der Waals surface area (Å²) in [6.45, 7) is 14.1. The molecule has 1 amide bonds. The van der Waals surface area contributed by atoms with E-state index in [0.29, 0.717) is 52.0 Å². The zero-order chi connectivity index (χ0) is 29.9. The Bertz CT molecular complexity index is 1170. The van der Waals surface area contributed by atoms with Crippen molar-refractivity contribution in [2.75, 3.05) is 6.61 Å². The van der Waals surface area contributed by atoms with Crippen LogP contribution in [-0.4, -0.2) is 33.2 Å². The van der Waals surface area contributed by atoms with Gasteiger partial charge < -0.3 is 14.5 Å². The lowest BCUT2D eigenvalue weighted by Crippen LogP contribution is -2.57. The van der Waals surface area contributed by atoms with Gasteiger partial charge in [0.1, 0.15) is 6.29 Å². The van der Waals surface area contributed by atoms with Crippen LogP contribution in [0, 0.1) is 11.3 Å². The molecule has 2 aliphatic rings. The maximum Gasteiger partial charge on any atom is 0.227 e. The van der Waals surface area contributed by atoms with Crippen LogP contribution in [0.1, 0.15) is 96.6 Å². The summed E-state index contributed by atoms with van der Waals surface area (Å²) in [5.41, 5.74) is 2.83. The third-order valence-electron chi connectivity index (χ3n) is 9.99. The molecule has 2 fully saturated rings. The van der Waals surface area contributed by atoms with E-state index >= 15 is 0 Å². The fourth-order valence-electron chi connectivity index (χ4n) is 7.94. The smallest absolute Gasteiger partial charge is 0.227 e. The molecule has 7 heteroatoms. The molecule has 4 atom stereocenters. The van der Waals surface area contributed by atoms with Gasteiger partial charge in [-0.2, -0.15) is 0 Å². The molecule has 1 saturated heterocycles. The van der Waals surface area contributed by atoms with Crippen molar-refractivity contribution in [2.24, 2.45) is 11.3 Å². The van der Waals surface area contributed by atoms with Crippen molar-refractivity contribution < 1.29 is 14.0 Å². The summed E-state index contributed by atoms with van der Waals surface area (Å²) >= 11 is 12.8. The number of carbonyl (C=O) groups is 2. The number of rotatable bonds is 13. The monoisotopic (exact) mass is 615 g/mol. The Hall–Kier alpha value is -1.66. The van der Waals surface area contributed by atoms with Gasteiger partial charge in [-0.05, 0) is 83.6 Å². The first kappa shape index (κ1) is 32.3. The maximum absolute atomic E-state index is 14.2. The van der Waals surface area contributed by atoms with Crippen LogP contribution in [-0.2, 0) is 14.0 Å². The van der Waals surface area contributed by atoms with Crippen molar-refractivity contribution in [1.29, 1.82) is 0 Å². The molecule has 0 radical (unpaired) electrons. The number of piperidine rings is 1. The van der Waals surface area contributed by atoms with Crippen LogP contribution in [0.25, 0.3) is 0 Å². The Kier molecular flexibility index (Phi) is 10.5. The van der Waals surface area contributed by atoms with E-state index in [1.54, 1.807) is 0 Å². The van der Waals surface area contributed by atoms with Crippen LogP contribution >= 0.6 is 23.2 Å². The van der Waals surface area contributed by atoms with Crippen LogP contribution in [0.3, 0.4) is 0 Å². The van der Waals surface area contributed by atoms with Crippen LogP contribution in [0.4, 0.5) is 0 Å². The summed E-state index contributed by atoms with van der Waals surface area (Å²) in [6, 6.07) is 16.0. The largest absolute Gasteiger partial charge is 0.416 e. The molecule has 0 spiro atoms. The molecule has 1 saturated carbocycles. The number of hydrogen-bond donors (Lipinski definition) is 1. The molecule has 1 heterocycles. The van der Waals surface area contributed by atoms with Gasteiger partial charge in [0.05, 0.1) is 5.41 Å². The van der Waals surface area contributed by atoms with Crippen molar-refractivity contribution in [3.8, 4) is 0 Å². The number of aldehydes is 1. The minimum absolute atomic E-state index is 0.00919. The van der Waals surface area contributed by atoms with Crippen LogP contribution < -0.4 is 5.32 Å². The molecular weight excluding hydrogens is 569 g/mol. The van der Waals surface area contributed by atoms with E-state index in [9.17, 15) is 9.59 Å². The highest BCUT2D eigenvalue weighted by Crippen LogP contribution is 2.53. The Balaban J connectivity index is 1.70. The van der Waals surface area contributed by atoms with E-state index in [1.807, 2.05) is 30.3 Å². The second kappa shape index (κ2) is 13.3. The van der Waals surface area contributed by atoms with Gasteiger partial charge >= 0.3 is 0 Å². The first-order valence-corrected chi connectivity index (χ1v) is 18.2. The fraction of sp³-hybridized carbons (Fsp3) is 0.588. The summed E-state index contributed by atoms with van der Waals surface area (Å²) in [4.78, 5) is 26.3. The molecule has 0 aromatic heterocycles. The zero-order valence-corrected chi connectivity index (χ0v) is 28.0. The van der Waals surface area contributed by atoms with E-state index in [1.165, 1.54) is 5.56 Å². The Morgan fingerprint density at radius 3 is 2.15 bits per heavy atom. The van der Waals surface area contributed by atoms with E-state index in [0.717, 1.165) is 24.7 Å². The predicted molar refractivity (Wildman–Crippen MR) is 172 cm³/mol. The second-order valence-electron chi connectivity index (χ2n) is 13.3. The van der Waals surface area contributed by atoms with Crippen molar-refractivity contribution >= 4 is 43.7 Å². The molecule has 1 aliphatic heterocycles. The molecule has 0 bridgehead atoms. The third kappa shape index (κ3) is 6.79. The summed E-state index contributed by atoms with van der Waals surface area (Å²) in [5, 5.41) is 4.88. The molecule has 2 aromatic rings. The highest BCUT2D eigenvalue weighted by Gasteiger charge is 2.52. The van der Waals surface area contributed by atoms with Crippen LogP contribution in [0.2, 0.25) is 26.7 Å². The van der Waals surface area contributed by atoms with E-state index < -0.39 is 13.7 Å². The van der Waals surface area contributed by atoms with Gasteiger partial charge in [-0.1, -0.05) is 89.0 Å². The Morgan fingerprint density at radius 1 is 0.976 bits per heavy atom. The maximum atomic E-state index is 14.2. The van der Waals surface area contributed by atoms with Gasteiger partial charge in [-0.15, -0.1) is 0 Å². The number of amides is 1. The van der Waals surface area contributed by atoms with Gasteiger partial charge in [0, 0.05) is 41.0 Å². The SMILES string of the molecule is CC(C)[Si](OCCC1(CC=O)C[C@H](c2cccc(Cl)c2)[C@@H](C(c2ccc(Cl)cc2)C2CC2)NC1=O)(C(C)C)C(C)C. The lowest BCUT2D eigenvalue weighted by atomic mass is 9.64. The van der Waals surface area contributed by atoms with Gasteiger partial charge in [-0.25, -0.2) is 0 Å². The highest BCUT2D eigenvalue weighted by atomic mass is 35.5. The van der Waals surface area contributed by atoms with E-state index in [4.69, 9.17) is 27.6 Å². The third-order valence-corrected chi connectivity index (χ3v) is 16.6. The molecule has 4 nitrogen and oxygen atoms in total. The lowest BCUT2D eigenvalue weighted by molar-refractivity contribution is -0.139. The number of halogens is 2. The first-order chi connectivity index (χ1) is 19.4. The number of carbonyl (C=O) groups excluding carboxylic acids is 2. The van der Waals surface area contributed by atoms with E-state index in [-0.39, 0.29) is 30.2 Å². The van der Waals surface area contributed by atoms with Crippen molar-refractivity contribution in [2.45, 2.75) is 108 Å². The second-order valence-corrected chi connectivity index (χ2v) is 19.7. The summed E-state index contributed by atoms with van der Waals surface area (Å²) in [6.07, 6.45) is 4.49. The minimum atomic E-state index is -2.11. The Morgan fingerprint density at radius 2 is 1.61 bits per heavy atom. The molecule has 224 valence electrons. The zero-order valence-electron chi connectivity index (χ0n) is 25.5. The van der Waals surface area contributed by atoms with Gasteiger partial charge in [0.2, 0.25) is 5.91 Å². The van der Waals surface area contributed by atoms with Crippen LogP contribution in [0.15, 0.2) is 48.5 Å². The summed E-state index contributed by atoms with van der Waals surface area (Å²) in [5.74, 6) is 0.644. The van der Waals surface area contributed by atoms with Gasteiger partial charge in [0.15, 0.2) is 8.32 Å². The number of nitrogens with one attached hydrogen (secondary N) is 1. The number of benzene rings is 2. The predicted octanol–water partition coefficient (Wildman–Crippen LogP) is 9.32. The number of hydrogen-bond acceptors (Lipinski definition) is 3. The lowest BCUT2D eigenvalue weighted by Gasteiger charge is -2.48. The van der Waals surface area contributed by atoms with Crippen molar-refractivity contribution in [3.05, 3.63) is 69.7 Å². The van der Waals surface area contributed by atoms with E-state index in [2.05, 4.69) is 65.1 Å². The quantitative estimate of drug-likeness (QED) is 0.180. The molecule has 2 aromatic carbocycles. The molecule has 4 rings (SSSR count). The average molecular weight is 617 g/mol. The minimum Gasteiger partial charge on any atom is -0.416 e. The van der Waals surface area contributed by atoms with Gasteiger partial charge in [-0.3, -0.25) is 4.79 Å². The first-order valence-electron chi connectivity index (χ1n) is 15.3. The van der Waals surface area contributed by atoms with Crippen LogP contribution in [0.5, 0.6) is 0 Å². The summed E-state index contributed by atoms with van der Waals surface area (Å²) in [7, 11) is -2.11.